The van der Waals surface area contributed by atoms with Crippen LogP contribution in [0.15, 0.2) is 42.5 Å². The minimum Gasteiger partial charge on any atom is -0.506 e. The summed E-state index contributed by atoms with van der Waals surface area (Å²) in [6.45, 7) is 2.57. The Morgan fingerprint density at radius 3 is 2.88 bits per heavy atom. The quantitative estimate of drug-likeness (QED) is 0.653. The highest BCUT2D eigenvalue weighted by atomic mass is 35.5. The highest BCUT2D eigenvalue weighted by molar-refractivity contribution is 6.35. The summed E-state index contributed by atoms with van der Waals surface area (Å²) in [5.74, 6) is 1.49. The average Bonchev–Trinajstić information content (AvgIpc) is 3.08. The minimum atomic E-state index is -0.0923. The maximum atomic E-state index is 10.5. The summed E-state index contributed by atoms with van der Waals surface area (Å²) in [5, 5.41) is 14.9. The van der Waals surface area contributed by atoms with Crippen LogP contribution in [0, 0.1) is 5.92 Å². The molecule has 0 aromatic heterocycles. The van der Waals surface area contributed by atoms with Gasteiger partial charge in [-0.2, -0.15) is 0 Å². The molecule has 2 aromatic carbocycles. The van der Waals surface area contributed by atoms with E-state index >= 15 is 0 Å². The molecule has 25 heavy (non-hydrogen) atoms. The Balaban J connectivity index is 1.85. The van der Waals surface area contributed by atoms with Crippen LogP contribution in [-0.4, -0.2) is 11.7 Å². The lowest BCUT2D eigenvalue weighted by Gasteiger charge is -2.38. The fraction of sp³-hybridized carbons (Fsp3) is 0.300. The van der Waals surface area contributed by atoms with Gasteiger partial charge in [-0.3, -0.25) is 0 Å². The van der Waals surface area contributed by atoms with Crippen LogP contribution in [0.1, 0.15) is 36.4 Å². The topological polar surface area (TPSA) is 41.5 Å². The van der Waals surface area contributed by atoms with Gasteiger partial charge in [0.05, 0.1) is 23.4 Å². The van der Waals surface area contributed by atoms with Crippen LogP contribution in [0.4, 0.5) is 5.69 Å². The summed E-state index contributed by atoms with van der Waals surface area (Å²) in [4.78, 5) is 0. The minimum absolute atomic E-state index is 0.0894. The predicted octanol–water partition coefficient (Wildman–Crippen LogP) is 5.92. The van der Waals surface area contributed by atoms with Crippen LogP contribution in [0.5, 0.6) is 11.5 Å². The molecule has 0 saturated heterocycles. The molecule has 0 radical (unpaired) electrons. The first-order valence-corrected chi connectivity index (χ1v) is 9.22. The smallest absolute Gasteiger partial charge is 0.142 e. The summed E-state index contributed by atoms with van der Waals surface area (Å²) in [7, 11) is 0. The molecule has 2 aliphatic rings. The molecule has 130 valence electrons. The monoisotopic (exact) mass is 375 g/mol. The third kappa shape index (κ3) is 2.76. The van der Waals surface area contributed by atoms with Gasteiger partial charge in [-0.25, -0.2) is 0 Å². The fourth-order valence-electron chi connectivity index (χ4n) is 4.00. The Kier molecular flexibility index (Phi) is 4.30. The second kappa shape index (κ2) is 6.47. The van der Waals surface area contributed by atoms with Gasteiger partial charge < -0.3 is 15.2 Å². The molecule has 0 spiro atoms. The van der Waals surface area contributed by atoms with Gasteiger partial charge in [0.1, 0.15) is 11.5 Å². The number of benzene rings is 2. The van der Waals surface area contributed by atoms with E-state index in [1.807, 2.05) is 19.1 Å². The van der Waals surface area contributed by atoms with Crippen LogP contribution < -0.4 is 10.1 Å². The molecule has 5 heteroatoms. The lowest BCUT2D eigenvalue weighted by Crippen LogP contribution is -2.29. The second-order valence-corrected chi connectivity index (χ2v) is 7.30. The van der Waals surface area contributed by atoms with E-state index in [0.29, 0.717) is 17.5 Å². The molecule has 0 bridgehead atoms. The van der Waals surface area contributed by atoms with Gasteiger partial charge in [-0.15, -0.1) is 0 Å². The van der Waals surface area contributed by atoms with Crippen LogP contribution in [-0.2, 0) is 0 Å². The van der Waals surface area contributed by atoms with Gasteiger partial charge in [0.25, 0.3) is 0 Å². The van der Waals surface area contributed by atoms with Gasteiger partial charge in [0, 0.05) is 16.5 Å². The number of anilines is 1. The van der Waals surface area contributed by atoms with Crippen molar-refractivity contribution in [2.75, 3.05) is 11.9 Å². The highest BCUT2D eigenvalue weighted by Crippen LogP contribution is 2.54. The molecule has 0 saturated carbocycles. The number of nitrogens with one attached hydrogen (secondary N) is 1. The molecule has 1 aliphatic carbocycles. The highest BCUT2D eigenvalue weighted by Gasteiger charge is 2.40. The number of rotatable bonds is 3. The molecule has 3 unspecified atom stereocenters. The van der Waals surface area contributed by atoms with Gasteiger partial charge in [-0.1, -0.05) is 47.5 Å². The number of phenols is 1. The summed E-state index contributed by atoms with van der Waals surface area (Å²) in [5.41, 5.74) is 2.94. The molecule has 2 aromatic rings. The molecule has 3 nitrogen and oxygen atoms in total. The fourth-order valence-corrected chi connectivity index (χ4v) is 4.51. The van der Waals surface area contributed by atoms with E-state index in [-0.39, 0.29) is 22.7 Å². The number of phenolic OH excluding ortho intramolecular Hbond substituents is 1. The Morgan fingerprint density at radius 2 is 2.08 bits per heavy atom. The summed E-state index contributed by atoms with van der Waals surface area (Å²) in [6, 6.07) is 9.40. The number of hydrogen-bond donors (Lipinski definition) is 2. The molecular formula is C20H19Cl2NO2. The average molecular weight is 376 g/mol. The number of ether oxygens (including phenoxy) is 1. The second-order valence-electron chi connectivity index (χ2n) is 6.45. The maximum Gasteiger partial charge on any atom is 0.142 e. The van der Waals surface area contributed by atoms with Gasteiger partial charge in [0.15, 0.2) is 0 Å². The number of aromatic hydroxyl groups is 1. The number of fused-ring (bicyclic) bond motifs is 3. The van der Waals surface area contributed by atoms with Crippen molar-refractivity contribution in [1.82, 2.24) is 0 Å². The van der Waals surface area contributed by atoms with Crippen molar-refractivity contribution in [2.45, 2.75) is 25.3 Å². The molecule has 1 heterocycles. The van der Waals surface area contributed by atoms with E-state index in [1.54, 1.807) is 12.1 Å². The SMILES string of the molecule is CCOc1cccc2c1NC(c1cc(Cl)cc(Cl)c1O)C1CC=CC21. The van der Waals surface area contributed by atoms with E-state index in [9.17, 15) is 5.11 Å². The van der Waals surface area contributed by atoms with Crippen molar-refractivity contribution < 1.29 is 9.84 Å². The van der Waals surface area contributed by atoms with Gasteiger partial charge >= 0.3 is 0 Å². The summed E-state index contributed by atoms with van der Waals surface area (Å²) < 4.78 is 5.81. The lowest BCUT2D eigenvalue weighted by molar-refractivity contribution is 0.336. The summed E-state index contributed by atoms with van der Waals surface area (Å²) in [6.07, 6.45) is 5.39. The van der Waals surface area contributed by atoms with Crippen molar-refractivity contribution in [3.63, 3.8) is 0 Å². The third-order valence-corrected chi connectivity index (χ3v) is 5.56. The number of hydrogen-bond acceptors (Lipinski definition) is 3. The van der Waals surface area contributed by atoms with Crippen molar-refractivity contribution in [1.29, 1.82) is 0 Å². The number of para-hydroxylation sites is 1. The Hall–Kier alpha value is -1.84. The largest absolute Gasteiger partial charge is 0.506 e. The van der Waals surface area contributed by atoms with Gasteiger partial charge in [-0.05, 0) is 43.0 Å². The molecular weight excluding hydrogens is 357 g/mol. The Labute approximate surface area is 157 Å². The van der Waals surface area contributed by atoms with Crippen LogP contribution in [0.2, 0.25) is 10.0 Å². The predicted molar refractivity (Wildman–Crippen MR) is 102 cm³/mol. The molecule has 2 N–H and O–H groups in total. The van der Waals surface area contributed by atoms with E-state index in [2.05, 4.69) is 23.5 Å². The van der Waals surface area contributed by atoms with Gasteiger partial charge in [0.2, 0.25) is 0 Å². The van der Waals surface area contributed by atoms with Crippen LogP contribution in [0.3, 0.4) is 0 Å². The van der Waals surface area contributed by atoms with E-state index in [4.69, 9.17) is 27.9 Å². The number of allylic oxidation sites excluding steroid dienone is 2. The number of halogens is 2. The molecule has 3 atom stereocenters. The van der Waals surface area contributed by atoms with Crippen molar-refractivity contribution in [3.8, 4) is 11.5 Å². The molecule has 1 aliphatic heterocycles. The van der Waals surface area contributed by atoms with Crippen molar-refractivity contribution in [3.05, 3.63) is 63.7 Å². The van der Waals surface area contributed by atoms with Crippen molar-refractivity contribution >= 4 is 28.9 Å². The van der Waals surface area contributed by atoms with Crippen LogP contribution in [0.25, 0.3) is 0 Å². The summed E-state index contributed by atoms with van der Waals surface area (Å²) >= 11 is 12.4. The normalized spacial score (nSPS) is 23.7. The zero-order valence-corrected chi connectivity index (χ0v) is 15.3. The molecule has 0 amide bonds. The van der Waals surface area contributed by atoms with Crippen LogP contribution >= 0.6 is 23.2 Å². The maximum absolute atomic E-state index is 10.5. The Morgan fingerprint density at radius 1 is 1.24 bits per heavy atom. The van der Waals surface area contributed by atoms with E-state index in [0.717, 1.165) is 23.4 Å². The van der Waals surface area contributed by atoms with E-state index < -0.39 is 0 Å². The van der Waals surface area contributed by atoms with E-state index in [1.165, 1.54) is 5.56 Å². The van der Waals surface area contributed by atoms with Crippen molar-refractivity contribution in [2.24, 2.45) is 5.92 Å². The first-order chi connectivity index (χ1) is 12.1. The Bertz CT molecular complexity index is 850. The zero-order chi connectivity index (χ0) is 17.6. The third-order valence-electron chi connectivity index (χ3n) is 5.05. The standard InChI is InChI=1S/C20H19Cl2NO2/c1-2-25-17-8-4-7-14-12-5-3-6-13(12)18(23-19(14)17)15-9-11(21)10-16(22)20(15)24/h3-5,7-10,12-13,18,23-24H,2,6H2,1H3. The molecule has 0 fully saturated rings. The first-order valence-electron chi connectivity index (χ1n) is 8.47. The first kappa shape index (κ1) is 16.6. The lowest BCUT2D eigenvalue weighted by atomic mass is 9.76. The zero-order valence-electron chi connectivity index (χ0n) is 13.8. The molecule has 4 rings (SSSR count).